The summed E-state index contributed by atoms with van der Waals surface area (Å²) in [5, 5.41) is 0. The van der Waals surface area contributed by atoms with Crippen LogP contribution in [0.4, 0.5) is 0 Å². The van der Waals surface area contributed by atoms with Crippen LogP contribution in [0, 0.1) is 13.8 Å². The van der Waals surface area contributed by atoms with Crippen LogP contribution in [0.3, 0.4) is 0 Å². The summed E-state index contributed by atoms with van der Waals surface area (Å²) in [6.07, 6.45) is 4.54. The lowest BCUT2D eigenvalue weighted by molar-refractivity contribution is 0.100. The molecule has 106 valence electrons. The monoisotopic (exact) mass is 283 g/mol. The van der Waals surface area contributed by atoms with Gasteiger partial charge < -0.3 is 14.6 Å². The third kappa shape index (κ3) is 2.31. The molecule has 0 bridgehead atoms. The van der Waals surface area contributed by atoms with Gasteiger partial charge in [0.1, 0.15) is 12.5 Å². The Labute approximate surface area is 120 Å². The molecule has 0 atom stereocenters. The Bertz CT molecular complexity index is 804. The fraction of sp³-hybridized carbons (Fsp3) is 0.133. The first-order chi connectivity index (χ1) is 10.1. The number of carbonyl (C=O) groups excluding carboxylic acids is 1. The predicted octanol–water partition coefficient (Wildman–Crippen LogP) is 2.71. The van der Waals surface area contributed by atoms with Gasteiger partial charge in [0, 0.05) is 5.56 Å². The lowest BCUT2D eigenvalue weighted by Gasteiger charge is -2.09. The molecular formula is C15H13N3O3. The Morgan fingerprint density at radius 1 is 1.19 bits per heavy atom. The van der Waals surface area contributed by atoms with Crippen LogP contribution < -0.4 is 5.73 Å². The number of benzene rings is 1. The Hall–Kier alpha value is -2.89. The van der Waals surface area contributed by atoms with Crippen LogP contribution in [-0.2, 0) is 0 Å². The minimum Gasteiger partial charge on any atom is -0.445 e. The highest BCUT2D eigenvalue weighted by molar-refractivity contribution is 6.00. The van der Waals surface area contributed by atoms with E-state index >= 15 is 0 Å². The van der Waals surface area contributed by atoms with Gasteiger partial charge in [-0.3, -0.25) is 4.79 Å². The average molecular weight is 283 g/mol. The lowest BCUT2D eigenvalue weighted by atomic mass is 9.97. The van der Waals surface area contributed by atoms with Crippen molar-refractivity contribution < 1.29 is 13.6 Å². The third-order valence-corrected chi connectivity index (χ3v) is 3.11. The molecular weight excluding hydrogens is 270 g/mol. The summed E-state index contributed by atoms with van der Waals surface area (Å²) in [7, 11) is 0. The molecule has 6 heteroatoms. The Morgan fingerprint density at radius 3 is 2.57 bits per heavy atom. The Morgan fingerprint density at radius 2 is 2.00 bits per heavy atom. The van der Waals surface area contributed by atoms with E-state index in [0.717, 1.165) is 11.3 Å². The maximum atomic E-state index is 11.8. The van der Waals surface area contributed by atoms with Gasteiger partial charge in [-0.25, -0.2) is 9.97 Å². The standard InChI is InChI=1S/C15H13N3O3/c1-8-5-10(14-17-3-4-20-14)6-11(13(16)19)12(8)15-18-9(2)7-21-15/h3-7H,1-2H3,(H2,16,19). The van der Waals surface area contributed by atoms with Crippen molar-refractivity contribution in [1.29, 1.82) is 0 Å². The second-order valence-electron chi connectivity index (χ2n) is 4.71. The van der Waals surface area contributed by atoms with E-state index in [1.165, 1.54) is 12.5 Å². The number of carbonyl (C=O) groups is 1. The molecule has 1 amide bonds. The summed E-state index contributed by atoms with van der Waals surface area (Å²) in [4.78, 5) is 20.1. The minimum absolute atomic E-state index is 0.324. The quantitative estimate of drug-likeness (QED) is 0.797. The summed E-state index contributed by atoms with van der Waals surface area (Å²) in [5.41, 5.74) is 8.62. The summed E-state index contributed by atoms with van der Waals surface area (Å²) < 4.78 is 10.7. The molecule has 2 heterocycles. The van der Waals surface area contributed by atoms with Crippen molar-refractivity contribution in [2.45, 2.75) is 13.8 Å². The van der Waals surface area contributed by atoms with Crippen molar-refractivity contribution in [2.75, 3.05) is 0 Å². The van der Waals surface area contributed by atoms with Crippen molar-refractivity contribution in [2.24, 2.45) is 5.73 Å². The minimum atomic E-state index is -0.558. The number of nitrogens with two attached hydrogens (primary N) is 1. The number of rotatable bonds is 3. The number of hydrogen-bond acceptors (Lipinski definition) is 5. The van der Waals surface area contributed by atoms with Crippen molar-refractivity contribution in [3.8, 4) is 22.9 Å². The first kappa shape index (κ1) is 13.1. The van der Waals surface area contributed by atoms with Crippen molar-refractivity contribution in [3.63, 3.8) is 0 Å². The zero-order valence-corrected chi connectivity index (χ0v) is 11.6. The van der Waals surface area contributed by atoms with Gasteiger partial charge in [-0.2, -0.15) is 0 Å². The number of nitrogens with zero attached hydrogens (tertiary/aromatic N) is 2. The van der Waals surface area contributed by atoms with E-state index in [-0.39, 0.29) is 0 Å². The van der Waals surface area contributed by atoms with Gasteiger partial charge in [0.15, 0.2) is 0 Å². The molecule has 2 N–H and O–H groups in total. The van der Waals surface area contributed by atoms with Crippen LogP contribution in [0.25, 0.3) is 22.9 Å². The number of hydrogen-bond donors (Lipinski definition) is 1. The average Bonchev–Trinajstić information content (AvgIpc) is 3.08. The van der Waals surface area contributed by atoms with E-state index in [1.807, 2.05) is 19.9 Å². The highest BCUT2D eigenvalue weighted by atomic mass is 16.3. The fourth-order valence-corrected chi connectivity index (χ4v) is 2.22. The number of primary amides is 1. The topological polar surface area (TPSA) is 95.1 Å². The van der Waals surface area contributed by atoms with Crippen molar-refractivity contribution >= 4 is 5.91 Å². The van der Waals surface area contributed by atoms with Crippen LogP contribution in [-0.4, -0.2) is 15.9 Å². The highest BCUT2D eigenvalue weighted by Crippen LogP contribution is 2.31. The van der Waals surface area contributed by atoms with Gasteiger partial charge in [0.2, 0.25) is 17.7 Å². The molecule has 3 rings (SSSR count). The van der Waals surface area contributed by atoms with Crippen LogP contribution in [0.5, 0.6) is 0 Å². The van der Waals surface area contributed by atoms with Crippen molar-refractivity contribution in [3.05, 3.63) is 47.7 Å². The molecule has 2 aromatic heterocycles. The van der Waals surface area contributed by atoms with E-state index < -0.39 is 5.91 Å². The second kappa shape index (κ2) is 4.90. The van der Waals surface area contributed by atoms with Gasteiger partial charge in [-0.05, 0) is 31.5 Å². The lowest BCUT2D eigenvalue weighted by Crippen LogP contribution is -2.13. The zero-order valence-electron chi connectivity index (χ0n) is 11.6. The highest BCUT2D eigenvalue weighted by Gasteiger charge is 2.19. The van der Waals surface area contributed by atoms with E-state index in [4.69, 9.17) is 14.6 Å². The van der Waals surface area contributed by atoms with E-state index in [0.29, 0.717) is 28.5 Å². The molecule has 0 aliphatic heterocycles. The molecule has 1 aromatic carbocycles. The second-order valence-corrected chi connectivity index (χ2v) is 4.71. The van der Waals surface area contributed by atoms with Gasteiger partial charge in [-0.1, -0.05) is 0 Å². The van der Waals surface area contributed by atoms with Gasteiger partial charge >= 0.3 is 0 Å². The summed E-state index contributed by atoms with van der Waals surface area (Å²) in [6, 6.07) is 3.49. The number of aryl methyl sites for hydroxylation is 2. The van der Waals surface area contributed by atoms with Crippen LogP contribution >= 0.6 is 0 Å². The third-order valence-electron chi connectivity index (χ3n) is 3.11. The van der Waals surface area contributed by atoms with E-state index in [9.17, 15) is 4.79 Å². The maximum absolute atomic E-state index is 11.8. The summed E-state index contributed by atoms with van der Waals surface area (Å²) in [5.74, 6) is 0.242. The van der Waals surface area contributed by atoms with Gasteiger partial charge in [0.05, 0.1) is 23.0 Å². The smallest absolute Gasteiger partial charge is 0.249 e. The van der Waals surface area contributed by atoms with Gasteiger partial charge in [-0.15, -0.1) is 0 Å². The Kier molecular flexibility index (Phi) is 3.06. The molecule has 0 fully saturated rings. The van der Waals surface area contributed by atoms with Crippen LogP contribution in [0.15, 0.2) is 39.7 Å². The number of oxazole rings is 2. The van der Waals surface area contributed by atoms with Crippen LogP contribution in [0.2, 0.25) is 0 Å². The Balaban J connectivity index is 2.23. The first-order valence-electron chi connectivity index (χ1n) is 6.33. The van der Waals surface area contributed by atoms with E-state index in [2.05, 4.69) is 9.97 Å². The molecule has 0 aliphatic rings. The number of aromatic nitrogens is 2. The molecule has 0 spiro atoms. The molecule has 21 heavy (non-hydrogen) atoms. The molecule has 0 saturated carbocycles. The summed E-state index contributed by atoms with van der Waals surface area (Å²) in [6.45, 7) is 3.67. The number of amides is 1. The van der Waals surface area contributed by atoms with Gasteiger partial charge in [0.25, 0.3) is 0 Å². The van der Waals surface area contributed by atoms with E-state index in [1.54, 1.807) is 12.3 Å². The normalized spacial score (nSPS) is 10.8. The molecule has 0 saturated heterocycles. The SMILES string of the molecule is Cc1coc(-c2c(C)cc(-c3ncco3)cc2C(N)=O)n1. The largest absolute Gasteiger partial charge is 0.445 e. The molecule has 0 unspecified atom stereocenters. The predicted molar refractivity (Wildman–Crippen MR) is 75.4 cm³/mol. The molecule has 0 radical (unpaired) electrons. The van der Waals surface area contributed by atoms with Crippen LogP contribution in [0.1, 0.15) is 21.6 Å². The fourth-order valence-electron chi connectivity index (χ4n) is 2.22. The summed E-state index contributed by atoms with van der Waals surface area (Å²) >= 11 is 0. The first-order valence-corrected chi connectivity index (χ1v) is 6.33. The molecule has 0 aliphatic carbocycles. The zero-order chi connectivity index (χ0) is 15.0. The molecule has 6 nitrogen and oxygen atoms in total. The van der Waals surface area contributed by atoms with Crippen molar-refractivity contribution in [1.82, 2.24) is 9.97 Å². The molecule has 3 aromatic rings. The maximum Gasteiger partial charge on any atom is 0.249 e.